The smallest absolute Gasteiger partial charge is 0.164 e. The number of nitrogens with zero attached hydrogens (tertiary/aromatic N) is 4. The van der Waals surface area contributed by atoms with Crippen molar-refractivity contribution < 1.29 is 0 Å². The van der Waals surface area contributed by atoms with Crippen molar-refractivity contribution >= 4 is 0 Å². The van der Waals surface area contributed by atoms with E-state index in [0.717, 1.165) is 56.5 Å². The van der Waals surface area contributed by atoms with Crippen LogP contribution in [0.2, 0.25) is 0 Å². The van der Waals surface area contributed by atoms with Crippen LogP contribution in [-0.4, -0.2) is 19.9 Å². The third kappa shape index (κ3) is 6.82. The fraction of sp³-hybridized carbons (Fsp3) is 0.224. The van der Waals surface area contributed by atoms with Gasteiger partial charge < -0.3 is 0 Å². The third-order valence-electron chi connectivity index (χ3n) is 11.8. The van der Waals surface area contributed by atoms with E-state index in [-0.39, 0.29) is 0 Å². The summed E-state index contributed by atoms with van der Waals surface area (Å²) in [5, 5.41) is 0. The molecule has 2 bridgehead atoms. The van der Waals surface area contributed by atoms with Gasteiger partial charge in [-0.05, 0) is 89.5 Å². The van der Waals surface area contributed by atoms with Gasteiger partial charge in [-0.15, -0.1) is 0 Å². The minimum absolute atomic E-state index is 0.326. The van der Waals surface area contributed by atoms with Crippen LogP contribution in [0.4, 0.5) is 0 Å². The number of hydrogen-bond donors (Lipinski definition) is 0. The van der Waals surface area contributed by atoms with Gasteiger partial charge in [0.05, 0.1) is 5.69 Å². The summed E-state index contributed by atoms with van der Waals surface area (Å²) in [5.41, 5.74) is 11.2. The molecule has 9 rings (SSSR count). The average Bonchev–Trinajstić information content (AvgIpc) is 3.24. The molecule has 2 heterocycles. The number of pyridine rings is 1. The van der Waals surface area contributed by atoms with Gasteiger partial charge in [0, 0.05) is 34.0 Å². The predicted octanol–water partition coefficient (Wildman–Crippen LogP) is 12.5. The Hall–Kier alpha value is -5.74. The first-order valence-corrected chi connectivity index (χ1v) is 19.3. The highest BCUT2D eigenvalue weighted by Crippen LogP contribution is 2.53. The predicted molar refractivity (Wildman–Crippen MR) is 217 cm³/mol. The molecule has 4 heteroatoms. The Balaban J connectivity index is 1.16. The molecule has 0 spiro atoms. The number of fused-ring (bicyclic) bond motifs is 2. The number of hydrogen-bond acceptors (Lipinski definition) is 4. The lowest BCUT2D eigenvalue weighted by atomic mass is 9.56. The molecule has 53 heavy (non-hydrogen) atoms. The average molecular weight is 689 g/mol. The van der Waals surface area contributed by atoms with Crippen molar-refractivity contribution in [1.82, 2.24) is 19.9 Å². The van der Waals surface area contributed by atoms with Crippen molar-refractivity contribution in [3.05, 3.63) is 157 Å². The van der Waals surface area contributed by atoms with Crippen molar-refractivity contribution in [2.75, 3.05) is 0 Å². The molecule has 5 aromatic carbocycles. The SMILES string of the molecule is CCC1CC2CCCC(c3ccc(-c4cc(-c5ccc(-c6ccccc6)nc5)cc(-c5nc(-c6ccccc6)nc(-c6ccccc6)n5)c4)cc3)(C1)C2. The van der Waals surface area contributed by atoms with E-state index in [0.29, 0.717) is 22.9 Å². The lowest BCUT2D eigenvalue weighted by Gasteiger charge is -2.49. The Bertz CT molecular complexity index is 2260. The van der Waals surface area contributed by atoms with Crippen molar-refractivity contribution in [3.63, 3.8) is 0 Å². The lowest BCUT2D eigenvalue weighted by Crippen LogP contribution is -2.40. The molecule has 2 aromatic heterocycles. The standard InChI is InChI=1S/C49H44N4/c1-2-34-27-35-13-12-26-49(31-34,32-35)44-23-20-36(21-24-44)41-28-42(40-22-25-45(50-33-40)37-14-6-3-7-15-37)30-43(29-41)48-52-46(38-16-8-4-9-17-38)51-47(53-48)39-18-10-5-11-19-39/h3-11,14-25,28-30,33-35H,2,12-13,26-27,31-32H2,1H3. The van der Waals surface area contributed by atoms with Crippen LogP contribution in [0.3, 0.4) is 0 Å². The molecular formula is C49H44N4. The van der Waals surface area contributed by atoms with Crippen LogP contribution in [0, 0.1) is 11.8 Å². The molecule has 0 aliphatic heterocycles. The summed E-state index contributed by atoms with van der Waals surface area (Å²) >= 11 is 0. The zero-order valence-electron chi connectivity index (χ0n) is 30.3. The summed E-state index contributed by atoms with van der Waals surface area (Å²) in [6.07, 6.45) is 11.5. The second-order valence-electron chi connectivity index (χ2n) is 15.2. The first-order chi connectivity index (χ1) is 26.1. The highest BCUT2D eigenvalue weighted by Gasteiger charge is 2.43. The Kier molecular flexibility index (Phi) is 8.97. The topological polar surface area (TPSA) is 51.6 Å². The minimum Gasteiger partial charge on any atom is -0.256 e. The molecule has 3 atom stereocenters. The monoisotopic (exact) mass is 688 g/mol. The van der Waals surface area contributed by atoms with Crippen LogP contribution in [0.5, 0.6) is 0 Å². The molecule has 2 aliphatic carbocycles. The molecule has 0 amide bonds. The minimum atomic E-state index is 0.326. The highest BCUT2D eigenvalue weighted by atomic mass is 15.0. The summed E-state index contributed by atoms with van der Waals surface area (Å²) in [5.74, 6) is 3.68. The van der Waals surface area contributed by atoms with E-state index in [1.807, 2.05) is 48.7 Å². The first kappa shape index (κ1) is 33.1. The van der Waals surface area contributed by atoms with Crippen LogP contribution >= 0.6 is 0 Å². The fourth-order valence-corrected chi connectivity index (χ4v) is 9.06. The van der Waals surface area contributed by atoms with E-state index in [1.54, 1.807) is 0 Å². The fourth-order valence-electron chi connectivity index (χ4n) is 9.06. The van der Waals surface area contributed by atoms with Gasteiger partial charge >= 0.3 is 0 Å². The van der Waals surface area contributed by atoms with Gasteiger partial charge in [0.1, 0.15) is 0 Å². The molecule has 0 N–H and O–H groups in total. The van der Waals surface area contributed by atoms with Gasteiger partial charge in [0.25, 0.3) is 0 Å². The summed E-state index contributed by atoms with van der Waals surface area (Å²) < 4.78 is 0. The van der Waals surface area contributed by atoms with E-state index in [9.17, 15) is 0 Å². The van der Waals surface area contributed by atoms with Crippen LogP contribution in [0.15, 0.2) is 152 Å². The second-order valence-corrected chi connectivity index (χ2v) is 15.2. The van der Waals surface area contributed by atoms with Gasteiger partial charge in [-0.1, -0.05) is 148 Å². The van der Waals surface area contributed by atoms with E-state index < -0.39 is 0 Å². The summed E-state index contributed by atoms with van der Waals surface area (Å²) in [6, 6.07) is 51.3. The maximum absolute atomic E-state index is 5.11. The molecule has 2 fully saturated rings. The Morgan fingerprint density at radius 3 is 1.66 bits per heavy atom. The van der Waals surface area contributed by atoms with Crippen molar-refractivity contribution in [2.24, 2.45) is 11.8 Å². The molecule has 4 nitrogen and oxygen atoms in total. The van der Waals surface area contributed by atoms with Crippen molar-refractivity contribution in [1.29, 1.82) is 0 Å². The Labute approximate surface area is 313 Å². The van der Waals surface area contributed by atoms with E-state index in [4.69, 9.17) is 19.9 Å². The quantitative estimate of drug-likeness (QED) is 0.159. The molecule has 2 saturated carbocycles. The summed E-state index contributed by atoms with van der Waals surface area (Å²) in [6.45, 7) is 2.38. The van der Waals surface area contributed by atoms with Gasteiger partial charge in [0.15, 0.2) is 17.5 Å². The zero-order chi connectivity index (χ0) is 35.6. The van der Waals surface area contributed by atoms with Gasteiger partial charge in [-0.3, -0.25) is 4.98 Å². The number of aromatic nitrogens is 4. The van der Waals surface area contributed by atoms with Gasteiger partial charge in [0.2, 0.25) is 0 Å². The van der Waals surface area contributed by atoms with Crippen molar-refractivity contribution in [3.8, 4) is 67.7 Å². The summed E-state index contributed by atoms with van der Waals surface area (Å²) in [7, 11) is 0. The van der Waals surface area contributed by atoms with Gasteiger partial charge in [-0.25, -0.2) is 15.0 Å². The van der Waals surface area contributed by atoms with Crippen LogP contribution in [-0.2, 0) is 5.41 Å². The van der Waals surface area contributed by atoms with E-state index in [1.165, 1.54) is 56.1 Å². The zero-order valence-corrected chi connectivity index (χ0v) is 30.3. The van der Waals surface area contributed by atoms with Crippen molar-refractivity contribution in [2.45, 2.75) is 57.3 Å². The largest absolute Gasteiger partial charge is 0.256 e. The maximum atomic E-state index is 5.11. The molecule has 0 radical (unpaired) electrons. The number of benzene rings is 5. The molecule has 7 aromatic rings. The number of rotatable bonds is 8. The normalized spacial score (nSPS) is 19.5. The highest BCUT2D eigenvalue weighted by molar-refractivity contribution is 5.80. The van der Waals surface area contributed by atoms with E-state index in [2.05, 4.69) is 110 Å². The van der Waals surface area contributed by atoms with Crippen LogP contribution in [0.1, 0.15) is 57.4 Å². The third-order valence-corrected chi connectivity index (χ3v) is 11.8. The molecule has 2 aliphatic rings. The first-order valence-electron chi connectivity index (χ1n) is 19.3. The van der Waals surface area contributed by atoms with Crippen LogP contribution < -0.4 is 0 Å². The lowest BCUT2D eigenvalue weighted by molar-refractivity contribution is 0.100. The Morgan fingerprint density at radius 1 is 0.528 bits per heavy atom. The molecule has 260 valence electrons. The summed E-state index contributed by atoms with van der Waals surface area (Å²) in [4.78, 5) is 20.1. The second kappa shape index (κ2) is 14.4. The molecule has 0 saturated heterocycles. The molecule has 3 unspecified atom stereocenters. The maximum Gasteiger partial charge on any atom is 0.164 e. The molecular weight excluding hydrogens is 645 g/mol. The van der Waals surface area contributed by atoms with E-state index >= 15 is 0 Å². The Morgan fingerprint density at radius 2 is 1.08 bits per heavy atom. The van der Waals surface area contributed by atoms with Gasteiger partial charge in [-0.2, -0.15) is 0 Å². The van der Waals surface area contributed by atoms with Crippen LogP contribution in [0.25, 0.3) is 67.7 Å².